The maximum absolute atomic E-state index is 12.8. The summed E-state index contributed by atoms with van der Waals surface area (Å²) in [6.07, 6.45) is 1.29. The first-order valence-electron chi connectivity index (χ1n) is 8.81. The van der Waals surface area contributed by atoms with Gasteiger partial charge < -0.3 is 15.5 Å². The van der Waals surface area contributed by atoms with Gasteiger partial charge in [-0.1, -0.05) is 15.9 Å². The number of rotatable bonds is 6. The third-order valence-electron chi connectivity index (χ3n) is 4.72. The number of hydrogen-bond donors (Lipinski definition) is 3. The largest absolute Gasteiger partial charge is 0.478 e. The summed E-state index contributed by atoms with van der Waals surface area (Å²) in [5.41, 5.74) is 0.240. The summed E-state index contributed by atoms with van der Waals surface area (Å²) in [5.74, 6) is -1.75. The van der Waals surface area contributed by atoms with Crippen LogP contribution in [-0.4, -0.2) is 54.0 Å². The maximum Gasteiger partial charge on any atom is 0.337 e. The number of sulfonamides is 1. The highest BCUT2D eigenvalue weighted by atomic mass is 79.9. The van der Waals surface area contributed by atoms with E-state index in [0.717, 1.165) is 0 Å². The van der Waals surface area contributed by atoms with Gasteiger partial charge in [0.15, 0.2) is 0 Å². The van der Waals surface area contributed by atoms with Crippen LogP contribution >= 0.6 is 15.9 Å². The molecule has 0 aliphatic carbocycles. The van der Waals surface area contributed by atoms with Crippen molar-refractivity contribution in [2.75, 3.05) is 18.5 Å². The molecule has 3 rings (SSSR count). The number of anilines is 1. The third kappa shape index (κ3) is 4.50. The van der Waals surface area contributed by atoms with Crippen molar-refractivity contribution in [3.63, 3.8) is 0 Å². The minimum atomic E-state index is -3.77. The number of carbonyl (C=O) groups excluding carboxylic acids is 1. The number of carboxylic acid groups (broad SMARTS) is 1. The van der Waals surface area contributed by atoms with Gasteiger partial charge in [0.25, 0.3) is 5.91 Å². The van der Waals surface area contributed by atoms with Gasteiger partial charge >= 0.3 is 5.97 Å². The molecule has 1 heterocycles. The fourth-order valence-corrected chi connectivity index (χ4v) is 5.26. The number of carbonyl (C=O) groups is 2. The molecule has 154 valence electrons. The molecule has 1 saturated heterocycles. The van der Waals surface area contributed by atoms with Gasteiger partial charge in [-0.15, -0.1) is 0 Å². The molecular formula is C19H19BrN2O6S. The summed E-state index contributed by atoms with van der Waals surface area (Å²) in [6.45, 7) is 0.107. The number of benzene rings is 2. The first kappa shape index (κ1) is 21.4. The number of amides is 1. The smallest absolute Gasteiger partial charge is 0.337 e. The number of hydrogen-bond acceptors (Lipinski definition) is 5. The lowest BCUT2D eigenvalue weighted by molar-refractivity contribution is 0.0698. The average molecular weight is 483 g/mol. The zero-order chi connectivity index (χ0) is 21.2. The molecule has 3 N–H and O–H groups in total. The number of halogens is 1. The molecule has 1 aliphatic heterocycles. The Morgan fingerprint density at radius 1 is 1.17 bits per heavy atom. The molecule has 8 nitrogen and oxygen atoms in total. The van der Waals surface area contributed by atoms with E-state index in [1.807, 2.05) is 0 Å². The van der Waals surface area contributed by atoms with Crippen molar-refractivity contribution in [2.24, 2.45) is 0 Å². The Bertz CT molecular complexity index is 1040. The summed E-state index contributed by atoms with van der Waals surface area (Å²) in [5, 5.41) is 21.2. The van der Waals surface area contributed by atoms with Crippen molar-refractivity contribution >= 4 is 43.5 Å². The highest BCUT2D eigenvalue weighted by Crippen LogP contribution is 2.26. The van der Waals surface area contributed by atoms with Crippen molar-refractivity contribution in [3.8, 4) is 0 Å². The van der Waals surface area contributed by atoms with Gasteiger partial charge in [-0.2, -0.15) is 4.31 Å². The first-order valence-corrected chi connectivity index (χ1v) is 11.0. The monoisotopic (exact) mass is 482 g/mol. The van der Waals surface area contributed by atoms with Crippen LogP contribution in [0.4, 0.5) is 5.69 Å². The second kappa shape index (κ2) is 8.62. The molecule has 1 amide bonds. The quantitative estimate of drug-likeness (QED) is 0.580. The highest BCUT2D eigenvalue weighted by Gasteiger charge is 2.34. The Morgan fingerprint density at radius 3 is 2.48 bits per heavy atom. The lowest BCUT2D eigenvalue weighted by Gasteiger charge is -2.22. The molecule has 1 fully saturated rings. The molecule has 10 heteroatoms. The fraction of sp³-hybridized carbons (Fsp3) is 0.263. The fourth-order valence-electron chi connectivity index (χ4n) is 3.22. The zero-order valence-electron chi connectivity index (χ0n) is 15.2. The van der Waals surface area contributed by atoms with E-state index in [0.29, 0.717) is 23.9 Å². The van der Waals surface area contributed by atoms with Crippen LogP contribution in [0.5, 0.6) is 0 Å². The van der Waals surface area contributed by atoms with E-state index in [1.54, 1.807) is 6.07 Å². The van der Waals surface area contributed by atoms with Crippen LogP contribution in [-0.2, 0) is 10.0 Å². The van der Waals surface area contributed by atoms with Crippen molar-refractivity contribution in [2.45, 2.75) is 23.8 Å². The molecule has 2 aromatic rings. The molecule has 29 heavy (non-hydrogen) atoms. The van der Waals surface area contributed by atoms with E-state index in [9.17, 15) is 28.2 Å². The van der Waals surface area contributed by atoms with Crippen molar-refractivity contribution in [1.29, 1.82) is 0 Å². The van der Waals surface area contributed by atoms with E-state index >= 15 is 0 Å². The Morgan fingerprint density at radius 2 is 1.86 bits per heavy atom. The maximum atomic E-state index is 12.8. The van der Waals surface area contributed by atoms with Gasteiger partial charge in [-0.25, -0.2) is 13.2 Å². The molecule has 1 atom stereocenters. The molecule has 2 aromatic carbocycles. The van der Waals surface area contributed by atoms with E-state index in [2.05, 4.69) is 21.2 Å². The van der Waals surface area contributed by atoms with Gasteiger partial charge in [0.2, 0.25) is 10.0 Å². The van der Waals surface area contributed by atoms with Gasteiger partial charge in [-0.3, -0.25) is 4.79 Å². The zero-order valence-corrected chi connectivity index (χ0v) is 17.6. The van der Waals surface area contributed by atoms with E-state index in [1.165, 1.54) is 40.7 Å². The van der Waals surface area contributed by atoms with Gasteiger partial charge in [0.1, 0.15) is 0 Å². The van der Waals surface area contributed by atoms with Gasteiger partial charge in [0, 0.05) is 22.6 Å². The second-order valence-corrected chi connectivity index (χ2v) is 9.37. The predicted molar refractivity (Wildman–Crippen MR) is 109 cm³/mol. The Hall–Kier alpha value is -2.27. The van der Waals surface area contributed by atoms with Crippen LogP contribution in [0.15, 0.2) is 51.8 Å². The summed E-state index contributed by atoms with van der Waals surface area (Å²) >= 11 is 3.19. The topological polar surface area (TPSA) is 124 Å². The number of nitrogens with one attached hydrogen (secondary N) is 1. The van der Waals surface area contributed by atoms with Crippen molar-refractivity contribution in [1.82, 2.24) is 4.31 Å². The highest BCUT2D eigenvalue weighted by molar-refractivity contribution is 9.10. The third-order valence-corrected chi connectivity index (χ3v) is 7.18. The number of nitrogens with zero attached hydrogens (tertiary/aromatic N) is 1. The molecule has 0 bridgehead atoms. The van der Waals surface area contributed by atoms with Crippen LogP contribution in [0.25, 0.3) is 0 Å². The molecule has 1 aliphatic rings. The van der Waals surface area contributed by atoms with E-state index in [4.69, 9.17) is 0 Å². The molecule has 0 aromatic heterocycles. The first-order chi connectivity index (χ1) is 13.7. The van der Waals surface area contributed by atoms with Crippen molar-refractivity contribution < 1.29 is 28.2 Å². The SMILES string of the molecule is O=C(Nc1ccc(Br)cc1C(=O)O)c1ccc(S(=O)(=O)N2CCC[C@H]2CO)cc1. The van der Waals surface area contributed by atoms with Crippen LogP contribution in [0.3, 0.4) is 0 Å². The summed E-state index contributed by atoms with van der Waals surface area (Å²) in [4.78, 5) is 23.9. The summed E-state index contributed by atoms with van der Waals surface area (Å²) in [7, 11) is -3.77. The number of aliphatic hydroxyl groups excluding tert-OH is 1. The number of aliphatic hydroxyl groups is 1. The number of aromatic carboxylic acids is 1. The van der Waals surface area contributed by atoms with E-state index < -0.39 is 27.9 Å². The number of carboxylic acids is 1. The lowest BCUT2D eigenvalue weighted by Crippen LogP contribution is -2.37. The molecule has 0 saturated carbocycles. The van der Waals surface area contributed by atoms with Gasteiger partial charge in [-0.05, 0) is 55.3 Å². The minimum Gasteiger partial charge on any atom is -0.478 e. The predicted octanol–water partition coefficient (Wildman–Crippen LogP) is 2.55. The average Bonchev–Trinajstić information content (AvgIpc) is 3.19. The molecular weight excluding hydrogens is 464 g/mol. The Balaban J connectivity index is 1.80. The van der Waals surface area contributed by atoms with Gasteiger partial charge in [0.05, 0.1) is 22.8 Å². The molecule has 0 radical (unpaired) electrons. The van der Waals surface area contributed by atoms with Crippen molar-refractivity contribution in [3.05, 3.63) is 58.1 Å². The van der Waals surface area contributed by atoms with E-state index in [-0.39, 0.29) is 28.3 Å². The minimum absolute atomic E-state index is 0.0317. The van der Waals surface area contributed by atoms with Crippen LogP contribution in [0, 0.1) is 0 Å². The van der Waals surface area contributed by atoms with Crippen LogP contribution in [0.1, 0.15) is 33.6 Å². The normalized spacial score (nSPS) is 17.2. The molecule has 0 spiro atoms. The standard InChI is InChI=1S/C19H19BrN2O6S/c20-13-5-8-17(16(10-13)19(25)26)21-18(24)12-3-6-15(7-4-12)29(27,28)22-9-1-2-14(22)11-23/h3-8,10,14,23H,1-2,9,11H2,(H,21,24)(H,25,26)/t14-/m0/s1. The Labute approximate surface area is 176 Å². The summed E-state index contributed by atoms with van der Waals surface area (Å²) in [6, 6.07) is 9.40. The second-order valence-electron chi connectivity index (χ2n) is 6.57. The van der Waals surface area contributed by atoms with Crippen LogP contribution in [0.2, 0.25) is 0 Å². The Kier molecular flexibility index (Phi) is 6.37. The lowest BCUT2D eigenvalue weighted by atomic mass is 10.1. The molecule has 0 unspecified atom stereocenters. The van der Waals surface area contributed by atoms with Crippen LogP contribution < -0.4 is 5.32 Å². The summed E-state index contributed by atoms with van der Waals surface area (Å²) < 4.78 is 27.4.